The Labute approximate surface area is 148 Å². The van der Waals surface area contributed by atoms with Crippen molar-refractivity contribution < 1.29 is 9.53 Å². The van der Waals surface area contributed by atoms with Gasteiger partial charge in [0.2, 0.25) is 0 Å². The van der Waals surface area contributed by atoms with Crippen molar-refractivity contribution in [2.45, 2.75) is 67.2 Å². The third-order valence-electron chi connectivity index (χ3n) is 4.73. The van der Waals surface area contributed by atoms with E-state index in [1.54, 1.807) is 0 Å². The predicted octanol–water partition coefficient (Wildman–Crippen LogP) is 6.16. The zero-order valence-corrected chi connectivity index (χ0v) is 16.3. The monoisotopic (exact) mass is 330 g/mol. The van der Waals surface area contributed by atoms with Crippen LogP contribution in [0.5, 0.6) is 0 Å². The van der Waals surface area contributed by atoms with E-state index in [9.17, 15) is 4.79 Å². The first kappa shape index (κ1) is 20.5. The summed E-state index contributed by atoms with van der Waals surface area (Å²) in [4.78, 5) is 10.7. The molecular weight excluding hydrogens is 296 g/mol. The van der Waals surface area contributed by atoms with Crippen molar-refractivity contribution in [3.63, 3.8) is 0 Å². The van der Waals surface area contributed by atoms with Gasteiger partial charge in [-0.2, -0.15) is 0 Å². The van der Waals surface area contributed by atoms with Gasteiger partial charge in [-0.15, -0.1) is 0 Å². The maximum absolute atomic E-state index is 10.7. The maximum atomic E-state index is 10.7. The van der Waals surface area contributed by atoms with Gasteiger partial charge >= 0.3 is 5.97 Å². The first-order chi connectivity index (χ1) is 11.2. The molecule has 1 aliphatic carbocycles. The van der Waals surface area contributed by atoms with Gasteiger partial charge in [0, 0.05) is 6.92 Å². The summed E-state index contributed by atoms with van der Waals surface area (Å²) in [6.07, 6.45) is 15.6. The maximum Gasteiger partial charge on any atom is 0.302 e. The summed E-state index contributed by atoms with van der Waals surface area (Å²) in [5, 5.41) is 0. The van der Waals surface area contributed by atoms with Crippen LogP contribution in [-0.4, -0.2) is 12.6 Å². The molecule has 0 unspecified atom stereocenters. The van der Waals surface area contributed by atoms with Crippen LogP contribution < -0.4 is 0 Å². The molecule has 0 fully saturated rings. The summed E-state index contributed by atoms with van der Waals surface area (Å²) in [7, 11) is 0. The molecule has 0 saturated heterocycles. The molecule has 1 rings (SSSR count). The molecule has 2 heteroatoms. The van der Waals surface area contributed by atoms with Crippen molar-refractivity contribution in [3.8, 4) is 0 Å². The number of hydrogen-bond acceptors (Lipinski definition) is 2. The Balaban J connectivity index is 2.57. The summed E-state index contributed by atoms with van der Waals surface area (Å²) in [5.41, 5.74) is 4.57. The van der Waals surface area contributed by atoms with Crippen LogP contribution in [-0.2, 0) is 9.53 Å². The smallest absolute Gasteiger partial charge is 0.302 e. The molecule has 0 aliphatic heterocycles. The predicted molar refractivity (Wildman–Crippen MR) is 103 cm³/mol. The van der Waals surface area contributed by atoms with Crippen molar-refractivity contribution in [1.82, 2.24) is 0 Å². The van der Waals surface area contributed by atoms with E-state index in [0.29, 0.717) is 17.9 Å². The molecule has 0 aromatic heterocycles. The minimum atomic E-state index is -0.206. The highest BCUT2D eigenvalue weighted by Crippen LogP contribution is 2.40. The zero-order valence-electron chi connectivity index (χ0n) is 16.3. The highest BCUT2D eigenvalue weighted by molar-refractivity contribution is 5.65. The largest absolute Gasteiger partial charge is 0.466 e. The fourth-order valence-corrected chi connectivity index (χ4v) is 3.16. The van der Waals surface area contributed by atoms with Crippen molar-refractivity contribution in [2.75, 3.05) is 6.61 Å². The van der Waals surface area contributed by atoms with Crippen molar-refractivity contribution in [2.24, 2.45) is 11.3 Å². The normalized spacial score (nSPS) is 20.0. The second kappa shape index (κ2) is 9.66. The van der Waals surface area contributed by atoms with E-state index in [0.717, 1.165) is 6.42 Å². The molecule has 0 spiro atoms. The lowest BCUT2D eigenvalue weighted by Gasteiger charge is -2.32. The van der Waals surface area contributed by atoms with Crippen LogP contribution in [0, 0.1) is 11.3 Å². The Bertz CT molecular complexity index is 544. The van der Waals surface area contributed by atoms with Gasteiger partial charge in [-0.25, -0.2) is 0 Å². The van der Waals surface area contributed by atoms with E-state index in [1.165, 1.54) is 42.9 Å². The van der Waals surface area contributed by atoms with Gasteiger partial charge in [0.1, 0.15) is 0 Å². The third kappa shape index (κ3) is 7.33. The van der Waals surface area contributed by atoms with Crippen molar-refractivity contribution >= 4 is 5.97 Å². The van der Waals surface area contributed by atoms with Crippen molar-refractivity contribution in [1.29, 1.82) is 0 Å². The van der Waals surface area contributed by atoms with Gasteiger partial charge in [-0.3, -0.25) is 4.79 Å². The van der Waals surface area contributed by atoms with Gasteiger partial charge in [0.25, 0.3) is 0 Å². The van der Waals surface area contributed by atoms with Gasteiger partial charge < -0.3 is 4.74 Å². The fraction of sp³-hybridized carbons (Fsp3) is 0.591. The van der Waals surface area contributed by atoms with E-state index >= 15 is 0 Å². The molecule has 0 aromatic rings. The van der Waals surface area contributed by atoms with E-state index in [4.69, 9.17) is 4.74 Å². The van der Waals surface area contributed by atoms with Crippen LogP contribution >= 0.6 is 0 Å². The molecule has 24 heavy (non-hydrogen) atoms. The molecule has 2 nitrogen and oxygen atoms in total. The zero-order chi connectivity index (χ0) is 18.2. The van der Waals surface area contributed by atoms with Crippen LogP contribution in [0.15, 0.2) is 47.1 Å². The van der Waals surface area contributed by atoms with E-state index in [-0.39, 0.29) is 5.97 Å². The molecule has 0 amide bonds. The van der Waals surface area contributed by atoms with Gasteiger partial charge in [0.05, 0.1) is 6.61 Å². The van der Waals surface area contributed by atoms with Gasteiger partial charge in [-0.05, 0) is 56.4 Å². The highest BCUT2D eigenvalue weighted by atomic mass is 16.5. The third-order valence-corrected chi connectivity index (χ3v) is 4.73. The van der Waals surface area contributed by atoms with Crippen LogP contribution in [0.1, 0.15) is 67.2 Å². The first-order valence-electron chi connectivity index (χ1n) is 9.09. The molecule has 1 atom stereocenters. The fourth-order valence-electron chi connectivity index (χ4n) is 3.16. The lowest BCUT2D eigenvalue weighted by molar-refractivity contribution is -0.141. The molecular formula is C22H34O2. The van der Waals surface area contributed by atoms with Crippen LogP contribution in [0.3, 0.4) is 0 Å². The minimum absolute atomic E-state index is 0.206. The average Bonchev–Trinajstić information content (AvgIpc) is 2.45. The summed E-state index contributed by atoms with van der Waals surface area (Å²) in [6, 6.07) is 0. The molecule has 0 saturated carbocycles. The number of rotatable bonds is 7. The van der Waals surface area contributed by atoms with Crippen LogP contribution in [0.2, 0.25) is 0 Å². The number of ether oxygens (including phenoxy) is 1. The lowest BCUT2D eigenvalue weighted by atomic mass is 9.72. The van der Waals surface area contributed by atoms with E-state index < -0.39 is 0 Å². The number of esters is 1. The Morgan fingerprint density at radius 2 is 2.04 bits per heavy atom. The van der Waals surface area contributed by atoms with Crippen LogP contribution in [0.4, 0.5) is 0 Å². The Morgan fingerprint density at radius 1 is 1.33 bits per heavy atom. The second-order valence-corrected chi connectivity index (χ2v) is 7.67. The topological polar surface area (TPSA) is 26.3 Å². The molecule has 0 N–H and O–H groups in total. The molecule has 0 heterocycles. The molecule has 0 bridgehead atoms. The summed E-state index contributed by atoms with van der Waals surface area (Å²) < 4.78 is 4.97. The highest BCUT2D eigenvalue weighted by Gasteiger charge is 2.26. The standard InChI is InChI=1S/C22H34O2/c1-17(9-7-10-18(2)14-16-24-20(4)23)12-13-21-19(3)11-8-15-22(21,5)6/h7,9-10,12-13,18H,8,11,14-16H2,1-6H3/b10-7+,13-12+,17-9+/t18-/m0/s1. The lowest BCUT2D eigenvalue weighted by Crippen LogP contribution is -2.19. The SMILES string of the molecule is CC(=O)OCC[C@@H](C)/C=C/C=C(C)/C=C/C1=C(C)CCCC1(C)C. The quantitative estimate of drug-likeness (QED) is 0.412. The molecule has 0 aromatic carbocycles. The summed E-state index contributed by atoms with van der Waals surface area (Å²) in [6.45, 7) is 13.2. The number of allylic oxidation sites excluding steroid dienone is 8. The first-order valence-corrected chi connectivity index (χ1v) is 9.09. The number of carbonyl (C=O) groups is 1. The summed E-state index contributed by atoms with van der Waals surface area (Å²) in [5.74, 6) is 0.196. The van der Waals surface area contributed by atoms with Crippen molar-refractivity contribution in [3.05, 3.63) is 47.1 Å². The molecule has 0 radical (unpaired) electrons. The second-order valence-electron chi connectivity index (χ2n) is 7.67. The summed E-state index contributed by atoms with van der Waals surface area (Å²) >= 11 is 0. The number of hydrogen-bond donors (Lipinski definition) is 0. The minimum Gasteiger partial charge on any atom is -0.466 e. The Hall–Kier alpha value is -1.57. The number of carbonyl (C=O) groups excluding carboxylic acids is 1. The van der Waals surface area contributed by atoms with Crippen LogP contribution in [0.25, 0.3) is 0 Å². The van der Waals surface area contributed by atoms with Gasteiger partial charge in [0.15, 0.2) is 0 Å². The van der Waals surface area contributed by atoms with E-state index in [1.807, 2.05) is 0 Å². The van der Waals surface area contributed by atoms with E-state index in [2.05, 4.69) is 65.0 Å². The molecule has 1 aliphatic rings. The average molecular weight is 331 g/mol. The Morgan fingerprint density at radius 3 is 2.67 bits per heavy atom. The Kier molecular flexibility index (Phi) is 8.24. The molecule has 134 valence electrons. The van der Waals surface area contributed by atoms with Gasteiger partial charge in [-0.1, -0.05) is 62.3 Å².